The molecule has 1 N–H and O–H groups in total. The summed E-state index contributed by atoms with van der Waals surface area (Å²) in [7, 11) is -0.975. The van der Waals surface area contributed by atoms with Crippen molar-refractivity contribution in [1.82, 2.24) is 4.98 Å². The molecule has 7 nitrogen and oxygen atoms in total. The molecule has 2 atom stereocenters. The Hall–Kier alpha value is -2.23. The Labute approximate surface area is 171 Å². The van der Waals surface area contributed by atoms with Gasteiger partial charge in [0.1, 0.15) is 23.9 Å². The van der Waals surface area contributed by atoms with E-state index in [4.69, 9.17) is 18.7 Å². The highest BCUT2D eigenvalue weighted by Crippen LogP contribution is 2.37. The number of aromatic nitrogens is 1. The normalized spacial score (nSPS) is 18.4. The maximum atomic E-state index is 14.8. The molecule has 0 bridgehead atoms. The Bertz CT molecular complexity index is 880. The van der Waals surface area contributed by atoms with Crippen LogP contribution in [-0.4, -0.2) is 44.5 Å². The van der Waals surface area contributed by atoms with Crippen LogP contribution in [0.15, 0.2) is 28.9 Å². The van der Waals surface area contributed by atoms with Crippen LogP contribution in [0.5, 0.6) is 0 Å². The molecule has 1 saturated heterocycles. The van der Waals surface area contributed by atoms with Crippen LogP contribution in [0.25, 0.3) is 11.5 Å². The number of cyclic esters (lactones) is 1. The Morgan fingerprint density at radius 2 is 2.14 bits per heavy atom. The van der Waals surface area contributed by atoms with Crippen LogP contribution in [0.4, 0.5) is 14.9 Å². The minimum atomic E-state index is -0.975. The van der Waals surface area contributed by atoms with Crippen LogP contribution in [-0.2, 0) is 9.16 Å². The summed E-state index contributed by atoms with van der Waals surface area (Å²) >= 11 is 0. The summed E-state index contributed by atoms with van der Waals surface area (Å²) in [4.78, 5) is 17.7. The number of rotatable bonds is 6. The minimum Gasteiger partial charge on any atom is -0.444 e. The molecule has 1 amide bonds. The molecule has 9 heteroatoms. The van der Waals surface area contributed by atoms with E-state index in [0.29, 0.717) is 11.4 Å². The molecular weight excluding hydrogens is 395 g/mol. The number of oxazole rings is 1. The number of halogens is 1. The summed E-state index contributed by atoms with van der Waals surface area (Å²) in [5.41, 5.74) is 0.963. The fourth-order valence-electron chi connectivity index (χ4n) is 3.12. The first-order chi connectivity index (χ1) is 13.6. The van der Waals surface area contributed by atoms with Gasteiger partial charge < -0.3 is 18.7 Å². The van der Waals surface area contributed by atoms with Crippen LogP contribution < -0.4 is 4.90 Å². The van der Waals surface area contributed by atoms with Gasteiger partial charge in [-0.15, -0.1) is 0 Å². The van der Waals surface area contributed by atoms with Crippen molar-refractivity contribution in [3.05, 3.63) is 36.0 Å². The summed E-state index contributed by atoms with van der Waals surface area (Å²) in [6.07, 6.45) is 0.0163. The maximum Gasteiger partial charge on any atom is 0.414 e. The second kappa shape index (κ2) is 8.25. The van der Waals surface area contributed by atoms with Crippen molar-refractivity contribution in [2.24, 2.45) is 5.41 Å². The van der Waals surface area contributed by atoms with E-state index in [1.54, 1.807) is 6.07 Å². The van der Waals surface area contributed by atoms with Crippen molar-refractivity contribution in [3.63, 3.8) is 0 Å². The summed E-state index contributed by atoms with van der Waals surface area (Å²) < 4.78 is 31.5. The number of benzene rings is 1. The standard InChI is InChI=1S/C20H26FN2O5Si/c1-20(2,3)17(28-29(4)5)16-11-26-18(22-16)14-7-6-12(8-15(14)21)23-9-13(10-24)27-19(23)25/h6-8,11,13,17,24H,9-10H2,1-5H3. The van der Waals surface area contributed by atoms with Crippen molar-refractivity contribution < 1.29 is 27.9 Å². The molecule has 0 saturated carbocycles. The zero-order valence-corrected chi connectivity index (χ0v) is 18.2. The fourth-order valence-corrected chi connectivity index (χ4v) is 4.07. The second-order valence-electron chi connectivity index (χ2n) is 8.31. The molecule has 1 aliphatic heterocycles. The van der Waals surface area contributed by atoms with Gasteiger partial charge >= 0.3 is 6.09 Å². The minimum absolute atomic E-state index is 0.153. The Balaban J connectivity index is 1.86. The van der Waals surface area contributed by atoms with Crippen LogP contribution in [0.2, 0.25) is 13.1 Å². The topological polar surface area (TPSA) is 85.0 Å². The predicted octanol–water partition coefficient (Wildman–Crippen LogP) is 4.15. The number of nitrogens with zero attached hydrogens (tertiary/aromatic N) is 2. The predicted molar refractivity (Wildman–Crippen MR) is 107 cm³/mol. The first-order valence-corrected chi connectivity index (χ1v) is 11.8. The molecule has 3 rings (SSSR count). The van der Waals surface area contributed by atoms with E-state index in [9.17, 15) is 9.18 Å². The van der Waals surface area contributed by atoms with Gasteiger partial charge in [0.05, 0.1) is 30.5 Å². The molecule has 2 aromatic rings. The SMILES string of the molecule is C[Si](C)OC(c1coc(-c2ccc(N3CC(CO)OC3=O)cc2F)n1)C(C)(C)C. The van der Waals surface area contributed by atoms with Gasteiger partial charge in [-0.1, -0.05) is 20.8 Å². The number of hydrogen-bond acceptors (Lipinski definition) is 6. The van der Waals surface area contributed by atoms with Crippen molar-refractivity contribution in [1.29, 1.82) is 0 Å². The third-order valence-electron chi connectivity index (χ3n) is 4.50. The van der Waals surface area contributed by atoms with Crippen molar-refractivity contribution in [2.45, 2.75) is 46.1 Å². The fraction of sp³-hybridized carbons (Fsp3) is 0.500. The smallest absolute Gasteiger partial charge is 0.414 e. The van der Waals surface area contributed by atoms with Crippen molar-refractivity contribution >= 4 is 20.8 Å². The van der Waals surface area contributed by atoms with E-state index in [1.165, 1.54) is 23.3 Å². The van der Waals surface area contributed by atoms with E-state index in [-0.39, 0.29) is 36.1 Å². The van der Waals surface area contributed by atoms with Gasteiger partial charge in [0.25, 0.3) is 0 Å². The lowest BCUT2D eigenvalue weighted by Crippen LogP contribution is -2.26. The van der Waals surface area contributed by atoms with Crippen molar-refractivity contribution in [3.8, 4) is 11.5 Å². The first-order valence-electron chi connectivity index (χ1n) is 9.41. The average molecular weight is 422 g/mol. The number of aliphatic hydroxyl groups excluding tert-OH is 1. The summed E-state index contributed by atoms with van der Waals surface area (Å²) in [6, 6.07) is 4.35. The Kier molecular flexibility index (Phi) is 6.11. The number of aliphatic hydroxyl groups is 1. The number of carbonyl (C=O) groups is 1. The molecule has 2 unspecified atom stereocenters. The number of anilines is 1. The van der Waals surface area contributed by atoms with Crippen LogP contribution in [0, 0.1) is 11.2 Å². The zero-order chi connectivity index (χ0) is 21.3. The molecule has 1 radical (unpaired) electrons. The van der Waals surface area contributed by atoms with Crippen LogP contribution in [0.3, 0.4) is 0 Å². The highest BCUT2D eigenvalue weighted by Gasteiger charge is 2.33. The molecular formula is C20H26FN2O5Si. The lowest BCUT2D eigenvalue weighted by atomic mass is 9.87. The number of carbonyl (C=O) groups excluding carboxylic acids is 1. The van der Waals surface area contributed by atoms with Gasteiger partial charge in [-0.05, 0) is 36.7 Å². The maximum absolute atomic E-state index is 14.8. The van der Waals surface area contributed by atoms with Gasteiger partial charge in [0.2, 0.25) is 14.9 Å². The molecule has 2 heterocycles. The Morgan fingerprint density at radius 1 is 1.41 bits per heavy atom. The number of hydrogen-bond donors (Lipinski definition) is 1. The molecule has 157 valence electrons. The van der Waals surface area contributed by atoms with Crippen LogP contribution >= 0.6 is 0 Å². The monoisotopic (exact) mass is 421 g/mol. The van der Waals surface area contributed by atoms with Gasteiger partial charge in [0.15, 0.2) is 0 Å². The second-order valence-corrected chi connectivity index (χ2v) is 10.4. The van der Waals surface area contributed by atoms with E-state index in [1.807, 2.05) is 13.1 Å². The zero-order valence-electron chi connectivity index (χ0n) is 17.2. The van der Waals surface area contributed by atoms with E-state index >= 15 is 0 Å². The third kappa shape index (κ3) is 4.68. The van der Waals surface area contributed by atoms with Crippen molar-refractivity contribution in [2.75, 3.05) is 18.1 Å². The molecule has 0 spiro atoms. The number of ether oxygens (including phenoxy) is 1. The lowest BCUT2D eigenvalue weighted by molar-refractivity contribution is 0.0826. The third-order valence-corrected chi connectivity index (χ3v) is 5.21. The van der Waals surface area contributed by atoms with Gasteiger partial charge in [-0.3, -0.25) is 4.90 Å². The average Bonchev–Trinajstić information content (AvgIpc) is 3.25. The largest absolute Gasteiger partial charge is 0.444 e. The van der Waals surface area contributed by atoms with Gasteiger partial charge in [-0.25, -0.2) is 14.2 Å². The Morgan fingerprint density at radius 3 is 2.69 bits per heavy atom. The molecule has 1 aromatic heterocycles. The highest BCUT2D eigenvalue weighted by molar-refractivity contribution is 6.48. The molecule has 1 aromatic carbocycles. The quantitative estimate of drug-likeness (QED) is 0.705. The van der Waals surface area contributed by atoms with Crippen LogP contribution in [0.1, 0.15) is 32.6 Å². The van der Waals surface area contributed by atoms with Gasteiger partial charge in [-0.2, -0.15) is 0 Å². The molecule has 29 heavy (non-hydrogen) atoms. The lowest BCUT2D eigenvalue weighted by Gasteiger charge is -2.30. The number of amides is 1. The van der Waals surface area contributed by atoms with E-state index < -0.39 is 27.1 Å². The molecule has 1 fully saturated rings. The highest BCUT2D eigenvalue weighted by atomic mass is 28.3. The summed E-state index contributed by atoms with van der Waals surface area (Å²) in [6.45, 7) is 10.2. The molecule has 0 aliphatic carbocycles. The first kappa shape index (κ1) is 21.5. The molecule has 1 aliphatic rings. The summed E-state index contributed by atoms with van der Waals surface area (Å²) in [5, 5.41) is 9.15. The van der Waals surface area contributed by atoms with E-state index in [0.717, 1.165) is 0 Å². The van der Waals surface area contributed by atoms with Gasteiger partial charge in [0, 0.05) is 0 Å². The van der Waals surface area contributed by atoms with E-state index in [2.05, 4.69) is 25.8 Å². The summed E-state index contributed by atoms with van der Waals surface area (Å²) in [5.74, 6) is -0.416.